The first-order chi connectivity index (χ1) is 8.31. The van der Waals surface area contributed by atoms with Crippen molar-refractivity contribution in [3.63, 3.8) is 0 Å². The third-order valence-corrected chi connectivity index (χ3v) is 3.36. The molecule has 1 aliphatic heterocycles. The van der Waals surface area contributed by atoms with E-state index in [2.05, 4.69) is 23.0 Å². The maximum Gasteiger partial charge on any atom is 0.0743 e. The van der Waals surface area contributed by atoms with Gasteiger partial charge in [-0.1, -0.05) is 6.07 Å². The summed E-state index contributed by atoms with van der Waals surface area (Å²) in [5.74, 6) is 0. The second-order valence-electron chi connectivity index (χ2n) is 4.63. The molecule has 4 heteroatoms. The Morgan fingerprint density at radius 1 is 1.65 bits per heavy atom. The van der Waals surface area contributed by atoms with Gasteiger partial charge >= 0.3 is 0 Å². The highest BCUT2D eigenvalue weighted by atomic mass is 16.5. The lowest BCUT2D eigenvalue weighted by molar-refractivity contribution is 0.0347. The number of hydrogen-bond donors (Lipinski definition) is 1. The molecule has 2 atom stereocenters. The summed E-state index contributed by atoms with van der Waals surface area (Å²) in [7, 11) is 2.10. The first-order valence-electron chi connectivity index (χ1n) is 6.22. The van der Waals surface area contributed by atoms with Crippen LogP contribution >= 0.6 is 0 Å². The van der Waals surface area contributed by atoms with E-state index in [0.29, 0.717) is 18.7 Å². The fourth-order valence-electron chi connectivity index (χ4n) is 2.42. The molecule has 0 bridgehead atoms. The van der Waals surface area contributed by atoms with Crippen LogP contribution in [0.1, 0.15) is 18.4 Å². The van der Waals surface area contributed by atoms with E-state index in [9.17, 15) is 0 Å². The number of nitrogens with two attached hydrogens (primary N) is 1. The third-order valence-electron chi connectivity index (χ3n) is 3.36. The van der Waals surface area contributed by atoms with E-state index < -0.39 is 0 Å². The SMILES string of the molecule is CN(Cc1cccnc1)C(CN)C1CCCO1. The Kier molecular flexibility index (Phi) is 4.48. The molecule has 1 fully saturated rings. The van der Waals surface area contributed by atoms with Crippen LogP contribution in [0, 0.1) is 0 Å². The van der Waals surface area contributed by atoms with Gasteiger partial charge in [-0.15, -0.1) is 0 Å². The largest absolute Gasteiger partial charge is 0.377 e. The Labute approximate surface area is 103 Å². The fraction of sp³-hybridized carbons (Fsp3) is 0.615. The molecule has 0 amide bonds. The molecule has 2 rings (SSSR count). The Morgan fingerprint density at radius 2 is 2.53 bits per heavy atom. The summed E-state index contributed by atoms with van der Waals surface area (Å²) >= 11 is 0. The number of hydrogen-bond acceptors (Lipinski definition) is 4. The lowest BCUT2D eigenvalue weighted by atomic mass is 10.1. The smallest absolute Gasteiger partial charge is 0.0743 e. The molecule has 0 radical (unpaired) electrons. The highest BCUT2D eigenvalue weighted by Crippen LogP contribution is 2.19. The van der Waals surface area contributed by atoms with E-state index in [-0.39, 0.29) is 0 Å². The zero-order chi connectivity index (χ0) is 12.1. The number of nitrogens with zero attached hydrogens (tertiary/aromatic N) is 2. The molecule has 94 valence electrons. The van der Waals surface area contributed by atoms with Gasteiger partial charge in [0, 0.05) is 38.1 Å². The molecule has 1 aromatic rings. The maximum absolute atomic E-state index is 5.87. The minimum absolute atomic E-state index is 0.293. The van der Waals surface area contributed by atoms with Gasteiger partial charge in [-0.2, -0.15) is 0 Å². The lowest BCUT2D eigenvalue weighted by Crippen LogP contribution is -2.45. The molecule has 17 heavy (non-hydrogen) atoms. The van der Waals surface area contributed by atoms with E-state index >= 15 is 0 Å². The molecule has 0 aliphatic carbocycles. The predicted molar refractivity (Wildman–Crippen MR) is 67.5 cm³/mol. The van der Waals surface area contributed by atoms with Crippen LogP contribution in [0.2, 0.25) is 0 Å². The number of aromatic nitrogens is 1. The van der Waals surface area contributed by atoms with Gasteiger partial charge in [0.2, 0.25) is 0 Å². The Balaban J connectivity index is 1.95. The molecule has 1 aliphatic rings. The maximum atomic E-state index is 5.87. The first kappa shape index (κ1) is 12.5. The summed E-state index contributed by atoms with van der Waals surface area (Å²) in [4.78, 5) is 6.40. The Bertz CT molecular complexity index is 325. The second kappa shape index (κ2) is 6.10. The molecule has 2 N–H and O–H groups in total. The van der Waals surface area contributed by atoms with Crippen molar-refractivity contribution >= 4 is 0 Å². The van der Waals surface area contributed by atoms with Gasteiger partial charge in [0.25, 0.3) is 0 Å². The quantitative estimate of drug-likeness (QED) is 0.828. The second-order valence-corrected chi connectivity index (χ2v) is 4.63. The zero-order valence-corrected chi connectivity index (χ0v) is 10.4. The zero-order valence-electron chi connectivity index (χ0n) is 10.4. The standard InChI is InChI=1S/C13H21N3O/c1-16(10-11-4-2-6-15-9-11)12(8-14)13-5-3-7-17-13/h2,4,6,9,12-13H,3,5,7-8,10,14H2,1H3. The van der Waals surface area contributed by atoms with Crippen LogP contribution in [0.5, 0.6) is 0 Å². The van der Waals surface area contributed by atoms with E-state index in [4.69, 9.17) is 10.5 Å². The molecule has 4 nitrogen and oxygen atoms in total. The van der Waals surface area contributed by atoms with Crippen molar-refractivity contribution < 1.29 is 4.74 Å². The Morgan fingerprint density at radius 3 is 3.12 bits per heavy atom. The topological polar surface area (TPSA) is 51.4 Å². The van der Waals surface area contributed by atoms with E-state index in [1.54, 1.807) is 6.20 Å². The molecule has 2 heterocycles. The monoisotopic (exact) mass is 235 g/mol. The van der Waals surface area contributed by atoms with Gasteiger partial charge in [-0.25, -0.2) is 0 Å². The van der Waals surface area contributed by atoms with Crippen LogP contribution in [0.4, 0.5) is 0 Å². The summed E-state index contributed by atoms with van der Waals surface area (Å²) in [5.41, 5.74) is 7.08. The van der Waals surface area contributed by atoms with Crippen molar-refractivity contribution in [1.29, 1.82) is 0 Å². The van der Waals surface area contributed by atoms with Crippen LogP contribution in [-0.2, 0) is 11.3 Å². The number of rotatable bonds is 5. The van der Waals surface area contributed by atoms with Crippen LogP contribution < -0.4 is 5.73 Å². The highest BCUT2D eigenvalue weighted by molar-refractivity contribution is 5.08. The van der Waals surface area contributed by atoms with Crippen LogP contribution in [-0.4, -0.2) is 42.2 Å². The number of likely N-dealkylation sites (N-methyl/N-ethyl adjacent to an activating group) is 1. The van der Waals surface area contributed by atoms with Gasteiger partial charge in [0.1, 0.15) is 0 Å². The van der Waals surface area contributed by atoms with Crippen molar-refractivity contribution in [1.82, 2.24) is 9.88 Å². The number of pyridine rings is 1. The summed E-state index contributed by atoms with van der Waals surface area (Å²) < 4.78 is 5.73. The van der Waals surface area contributed by atoms with E-state index in [0.717, 1.165) is 26.0 Å². The van der Waals surface area contributed by atoms with Crippen molar-refractivity contribution in [3.05, 3.63) is 30.1 Å². The van der Waals surface area contributed by atoms with Crippen molar-refractivity contribution in [3.8, 4) is 0 Å². The molecule has 0 spiro atoms. The predicted octanol–water partition coefficient (Wildman–Crippen LogP) is 1.02. The average molecular weight is 235 g/mol. The van der Waals surface area contributed by atoms with Gasteiger partial charge < -0.3 is 10.5 Å². The molecule has 1 aromatic heterocycles. The average Bonchev–Trinajstić information content (AvgIpc) is 2.85. The highest BCUT2D eigenvalue weighted by Gasteiger charge is 2.27. The minimum atomic E-state index is 0.293. The summed E-state index contributed by atoms with van der Waals surface area (Å²) in [6, 6.07) is 4.36. The molecule has 0 saturated carbocycles. The Hall–Kier alpha value is -0.970. The van der Waals surface area contributed by atoms with Crippen molar-refractivity contribution in [2.75, 3.05) is 20.2 Å². The van der Waals surface area contributed by atoms with Gasteiger partial charge in [0.05, 0.1) is 6.10 Å². The van der Waals surface area contributed by atoms with E-state index in [1.807, 2.05) is 12.3 Å². The van der Waals surface area contributed by atoms with E-state index in [1.165, 1.54) is 5.56 Å². The van der Waals surface area contributed by atoms with Gasteiger partial charge in [-0.3, -0.25) is 9.88 Å². The molecular formula is C13H21N3O. The van der Waals surface area contributed by atoms with Crippen LogP contribution in [0.25, 0.3) is 0 Å². The fourth-order valence-corrected chi connectivity index (χ4v) is 2.42. The van der Waals surface area contributed by atoms with Crippen LogP contribution in [0.15, 0.2) is 24.5 Å². The van der Waals surface area contributed by atoms with Crippen LogP contribution in [0.3, 0.4) is 0 Å². The molecule has 2 unspecified atom stereocenters. The number of ether oxygens (including phenoxy) is 1. The summed E-state index contributed by atoms with van der Waals surface area (Å²) in [5, 5.41) is 0. The normalized spacial score (nSPS) is 21.9. The van der Waals surface area contributed by atoms with Crippen molar-refractivity contribution in [2.24, 2.45) is 5.73 Å². The minimum Gasteiger partial charge on any atom is -0.377 e. The first-order valence-corrected chi connectivity index (χ1v) is 6.22. The summed E-state index contributed by atoms with van der Waals surface area (Å²) in [6.45, 7) is 2.39. The molecular weight excluding hydrogens is 214 g/mol. The van der Waals surface area contributed by atoms with Crippen molar-refractivity contribution in [2.45, 2.75) is 31.5 Å². The molecule has 1 saturated heterocycles. The summed E-state index contributed by atoms with van der Waals surface area (Å²) in [6.07, 6.45) is 6.27. The van der Waals surface area contributed by atoms with Gasteiger partial charge in [-0.05, 0) is 31.5 Å². The van der Waals surface area contributed by atoms with Gasteiger partial charge in [0.15, 0.2) is 0 Å². The molecule has 0 aromatic carbocycles. The third kappa shape index (κ3) is 3.25. The lowest BCUT2D eigenvalue weighted by Gasteiger charge is -2.31.